The Morgan fingerprint density at radius 3 is 2.70 bits per heavy atom. The number of halogens is 1. The fraction of sp³-hybridized carbons (Fsp3) is 0.235. The molecule has 5 nitrogen and oxygen atoms in total. The Kier molecular flexibility index (Phi) is 3.50. The molecule has 0 amide bonds. The quantitative estimate of drug-likeness (QED) is 0.779. The number of aryl methyl sites for hydroxylation is 1. The molecule has 116 valence electrons. The number of hydrogen-bond donors (Lipinski definition) is 1. The summed E-state index contributed by atoms with van der Waals surface area (Å²) < 4.78 is 1.87. The lowest BCUT2D eigenvalue weighted by atomic mass is 9.91. The van der Waals surface area contributed by atoms with E-state index in [-0.39, 0.29) is 12.1 Å². The van der Waals surface area contributed by atoms with E-state index in [0.717, 1.165) is 11.4 Å². The summed E-state index contributed by atoms with van der Waals surface area (Å²) in [5.74, 6) is 0.699. The molecule has 1 aromatic heterocycles. The third kappa shape index (κ3) is 2.57. The van der Waals surface area contributed by atoms with Crippen molar-refractivity contribution < 1.29 is 0 Å². The van der Waals surface area contributed by atoms with Crippen LogP contribution >= 0.6 is 11.6 Å². The van der Waals surface area contributed by atoms with Crippen molar-refractivity contribution in [2.24, 2.45) is 0 Å². The van der Waals surface area contributed by atoms with Crippen molar-refractivity contribution in [2.45, 2.75) is 25.4 Å². The van der Waals surface area contributed by atoms with Crippen LogP contribution in [0.5, 0.6) is 0 Å². The van der Waals surface area contributed by atoms with Crippen LogP contribution in [0.4, 0.5) is 5.95 Å². The van der Waals surface area contributed by atoms with Gasteiger partial charge in [0.05, 0.1) is 12.1 Å². The molecule has 0 aliphatic carbocycles. The zero-order valence-electron chi connectivity index (χ0n) is 12.6. The number of nitrogens with one attached hydrogen (secondary N) is 1. The van der Waals surface area contributed by atoms with E-state index in [2.05, 4.69) is 52.0 Å². The maximum Gasteiger partial charge on any atom is 0.243 e. The molecule has 0 spiro atoms. The van der Waals surface area contributed by atoms with Gasteiger partial charge in [0.15, 0.2) is 0 Å². The van der Waals surface area contributed by atoms with Crippen LogP contribution < -0.4 is 5.32 Å². The normalized spacial score (nSPS) is 19.9. The van der Waals surface area contributed by atoms with Crippen LogP contribution in [0.25, 0.3) is 0 Å². The minimum Gasteiger partial charge on any atom is -0.346 e. The van der Waals surface area contributed by atoms with Crippen molar-refractivity contribution in [3.63, 3.8) is 0 Å². The molecule has 6 heteroatoms. The molecular formula is C17H16ClN5. The third-order valence-corrected chi connectivity index (χ3v) is 4.62. The second kappa shape index (κ2) is 5.66. The molecule has 0 unspecified atom stereocenters. The minimum atomic E-state index is 0.114. The average molecular weight is 326 g/mol. The molecular weight excluding hydrogens is 310 g/mol. The Balaban J connectivity index is 1.75. The monoisotopic (exact) mass is 325 g/mol. The summed E-state index contributed by atoms with van der Waals surface area (Å²) in [5.41, 5.74) is 3.68. The molecule has 2 heterocycles. The van der Waals surface area contributed by atoms with Crippen LogP contribution in [0.1, 0.15) is 35.2 Å². The van der Waals surface area contributed by atoms with Crippen LogP contribution in [-0.4, -0.2) is 20.2 Å². The lowest BCUT2D eigenvalue weighted by molar-refractivity contribution is 0.422. The van der Waals surface area contributed by atoms with Crippen LogP contribution in [-0.2, 0) is 0 Å². The van der Waals surface area contributed by atoms with Gasteiger partial charge in [0.25, 0.3) is 0 Å². The van der Waals surface area contributed by atoms with Gasteiger partial charge in [-0.2, -0.15) is 0 Å². The Hall–Kier alpha value is -2.40. The molecule has 23 heavy (non-hydrogen) atoms. The SMILES string of the molecule is Cc1ccccc1[C@H]1C[C@@H](c2ccc(Cl)cc2)Nc2nnnn21. The first kappa shape index (κ1) is 14.2. The number of hydrogen-bond acceptors (Lipinski definition) is 4. The van der Waals surface area contributed by atoms with Gasteiger partial charge in [0.2, 0.25) is 5.95 Å². The van der Waals surface area contributed by atoms with Gasteiger partial charge in [-0.15, -0.1) is 0 Å². The molecule has 0 saturated carbocycles. The number of tetrazole rings is 1. The van der Waals surface area contributed by atoms with Gasteiger partial charge in [-0.1, -0.05) is 53.1 Å². The largest absolute Gasteiger partial charge is 0.346 e. The highest BCUT2D eigenvalue weighted by Crippen LogP contribution is 2.38. The molecule has 0 saturated heterocycles. The third-order valence-electron chi connectivity index (χ3n) is 4.37. The first-order chi connectivity index (χ1) is 11.2. The number of rotatable bonds is 2. The van der Waals surface area contributed by atoms with Gasteiger partial charge in [-0.3, -0.25) is 0 Å². The van der Waals surface area contributed by atoms with E-state index in [4.69, 9.17) is 11.6 Å². The molecule has 0 fully saturated rings. The molecule has 4 rings (SSSR count). The smallest absolute Gasteiger partial charge is 0.243 e. The standard InChI is InChI=1S/C17H16ClN5/c1-11-4-2-3-5-14(11)16-10-15(12-6-8-13(18)9-7-12)19-17-20-21-22-23(16)17/h2-9,15-16H,10H2,1H3,(H,19,20,22)/t15-,16+/m0/s1. The maximum atomic E-state index is 6.00. The van der Waals surface area contributed by atoms with Gasteiger partial charge in [-0.25, -0.2) is 4.68 Å². The molecule has 1 aliphatic rings. The van der Waals surface area contributed by atoms with Crippen molar-refractivity contribution in [2.75, 3.05) is 5.32 Å². The Morgan fingerprint density at radius 2 is 1.91 bits per heavy atom. The number of anilines is 1. The molecule has 2 atom stereocenters. The molecule has 0 bridgehead atoms. The van der Waals surface area contributed by atoms with Crippen molar-refractivity contribution in [1.29, 1.82) is 0 Å². The second-order valence-electron chi connectivity index (χ2n) is 5.80. The fourth-order valence-electron chi connectivity index (χ4n) is 3.17. The van der Waals surface area contributed by atoms with E-state index < -0.39 is 0 Å². The van der Waals surface area contributed by atoms with Gasteiger partial charge in [0.1, 0.15) is 0 Å². The Labute approximate surface area is 139 Å². The van der Waals surface area contributed by atoms with Crippen LogP contribution in [0, 0.1) is 6.92 Å². The topological polar surface area (TPSA) is 55.6 Å². The van der Waals surface area contributed by atoms with Gasteiger partial charge < -0.3 is 5.32 Å². The van der Waals surface area contributed by atoms with Crippen LogP contribution in [0.3, 0.4) is 0 Å². The number of nitrogens with zero attached hydrogens (tertiary/aromatic N) is 4. The summed E-state index contributed by atoms with van der Waals surface area (Å²) in [6, 6.07) is 16.6. The summed E-state index contributed by atoms with van der Waals surface area (Å²) in [6.07, 6.45) is 0.879. The van der Waals surface area contributed by atoms with Crippen LogP contribution in [0.15, 0.2) is 48.5 Å². The van der Waals surface area contributed by atoms with Crippen molar-refractivity contribution >= 4 is 17.5 Å². The van der Waals surface area contributed by atoms with Crippen molar-refractivity contribution in [3.8, 4) is 0 Å². The van der Waals surface area contributed by atoms with E-state index in [1.165, 1.54) is 16.7 Å². The van der Waals surface area contributed by atoms with Gasteiger partial charge >= 0.3 is 0 Å². The Bertz CT molecular complexity index is 827. The van der Waals surface area contributed by atoms with E-state index in [1.54, 1.807) is 0 Å². The lowest BCUT2D eigenvalue weighted by Gasteiger charge is -2.31. The van der Waals surface area contributed by atoms with Gasteiger partial charge in [0, 0.05) is 5.02 Å². The number of benzene rings is 2. The van der Waals surface area contributed by atoms with Crippen LogP contribution in [0.2, 0.25) is 5.02 Å². The summed E-state index contributed by atoms with van der Waals surface area (Å²) in [7, 11) is 0. The van der Waals surface area contributed by atoms with Crippen molar-refractivity contribution in [3.05, 3.63) is 70.2 Å². The fourth-order valence-corrected chi connectivity index (χ4v) is 3.30. The summed E-state index contributed by atoms with van der Waals surface area (Å²) in [6.45, 7) is 2.12. The molecule has 2 aromatic carbocycles. The zero-order valence-corrected chi connectivity index (χ0v) is 13.4. The lowest BCUT2D eigenvalue weighted by Crippen LogP contribution is -2.28. The summed E-state index contributed by atoms with van der Waals surface area (Å²) in [5, 5.41) is 16.3. The first-order valence-corrected chi connectivity index (χ1v) is 7.95. The number of aromatic nitrogens is 4. The Morgan fingerprint density at radius 1 is 1.13 bits per heavy atom. The summed E-state index contributed by atoms with van der Waals surface area (Å²) >= 11 is 6.00. The first-order valence-electron chi connectivity index (χ1n) is 7.58. The van der Waals surface area contributed by atoms with Gasteiger partial charge in [-0.05, 0) is 52.6 Å². The summed E-state index contributed by atoms with van der Waals surface area (Å²) in [4.78, 5) is 0. The molecule has 3 aromatic rings. The zero-order chi connectivity index (χ0) is 15.8. The van der Waals surface area contributed by atoms with Crippen molar-refractivity contribution in [1.82, 2.24) is 20.2 Å². The molecule has 1 N–H and O–H groups in total. The predicted octanol–water partition coefficient (Wildman–Crippen LogP) is 3.78. The van der Waals surface area contributed by atoms with E-state index in [1.807, 2.05) is 28.9 Å². The average Bonchev–Trinajstić information content (AvgIpc) is 3.04. The highest BCUT2D eigenvalue weighted by atomic mass is 35.5. The minimum absolute atomic E-state index is 0.114. The highest BCUT2D eigenvalue weighted by Gasteiger charge is 2.31. The number of fused-ring (bicyclic) bond motifs is 1. The van der Waals surface area contributed by atoms with E-state index in [0.29, 0.717) is 5.95 Å². The molecule has 0 radical (unpaired) electrons. The van der Waals surface area contributed by atoms with E-state index >= 15 is 0 Å². The maximum absolute atomic E-state index is 6.00. The predicted molar refractivity (Wildman–Crippen MR) is 89.6 cm³/mol. The van der Waals surface area contributed by atoms with E-state index in [9.17, 15) is 0 Å². The second-order valence-corrected chi connectivity index (χ2v) is 6.24. The molecule has 1 aliphatic heterocycles. The highest BCUT2D eigenvalue weighted by molar-refractivity contribution is 6.30.